The molecular formula is C14H30N2. The summed E-state index contributed by atoms with van der Waals surface area (Å²) in [6.07, 6.45) is 6.70. The lowest BCUT2D eigenvalue weighted by atomic mass is 10.00. The molecule has 0 aromatic rings. The topological polar surface area (TPSA) is 6.48 Å². The summed E-state index contributed by atoms with van der Waals surface area (Å²) in [4.78, 5) is 5.29. The maximum atomic E-state index is 2.80. The lowest BCUT2D eigenvalue weighted by Crippen LogP contribution is -2.55. The number of piperazine rings is 1. The Bertz CT molecular complexity index is 182. The lowest BCUT2D eigenvalue weighted by Gasteiger charge is -2.44. The Morgan fingerprint density at radius 2 is 1.88 bits per heavy atom. The minimum atomic E-state index is 0.806. The van der Waals surface area contributed by atoms with Crippen LogP contribution in [0.4, 0.5) is 0 Å². The van der Waals surface area contributed by atoms with Crippen LogP contribution < -0.4 is 0 Å². The summed E-state index contributed by atoms with van der Waals surface area (Å²) in [5.41, 5.74) is 0. The average molecular weight is 226 g/mol. The maximum absolute atomic E-state index is 2.80. The Kier molecular flexibility index (Phi) is 6.37. The summed E-state index contributed by atoms with van der Waals surface area (Å²) in [5, 5.41) is 0. The second kappa shape index (κ2) is 7.29. The van der Waals surface area contributed by atoms with Gasteiger partial charge in [0.1, 0.15) is 0 Å². The van der Waals surface area contributed by atoms with E-state index in [1.165, 1.54) is 51.7 Å². The largest absolute Gasteiger partial charge is 0.304 e. The van der Waals surface area contributed by atoms with Crippen LogP contribution in [0.3, 0.4) is 0 Å². The Hall–Kier alpha value is -0.0800. The molecule has 0 bridgehead atoms. The van der Waals surface area contributed by atoms with E-state index in [-0.39, 0.29) is 0 Å². The molecule has 1 aliphatic heterocycles. The van der Waals surface area contributed by atoms with Crippen molar-refractivity contribution < 1.29 is 0 Å². The fraction of sp³-hybridized carbons (Fsp3) is 1.00. The Labute approximate surface area is 102 Å². The molecule has 2 unspecified atom stereocenters. The van der Waals surface area contributed by atoms with Gasteiger partial charge in [-0.15, -0.1) is 0 Å². The zero-order valence-electron chi connectivity index (χ0n) is 11.7. The van der Waals surface area contributed by atoms with Crippen molar-refractivity contribution in [2.24, 2.45) is 0 Å². The molecule has 1 heterocycles. The Morgan fingerprint density at radius 1 is 1.12 bits per heavy atom. The van der Waals surface area contributed by atoms with Crippen molar-refractivity contribution in [3.8, 4) is 0 Å². The first-order chi connectivity index (χ1) is 7.72. The normalized spacial score (nSPS) is 25.9. The molecule has 1 rings (SSSR count). The van der Waals surface area contributed by atoms with Crippen molar-refractivity contribution in [3.05, 3.63) is 0 Å². The molecule has 0 saturated carbocycles. The number of likely N-dealkylation sites (N-methyl/N-ethyl adjacent to an activating group) is 1. The van der Waals surface area contributed by atoms with Crippen LogP contribution in [-0.2, 0) is 0 Å². The molecule has 0 aromatic heterocycles. The number of nitrogens with zero attached hydrogens (tertiary/aromatic N) is 2. The molecule has 2 heteroatoms. The first kappa shape index (κ1) is 14.0. The summed E-state index contributed by atoms with van der Waals surface area (Å²) >= 11 is 0. The zero-order chi connectivity index (χ0) is 12.0. The second-order valence-corrected chi connectivity index (χ2v) is 5.29. The van der Waals surface area contributed by atoms with Crippen LogP contribution in [0.1, 0.15) is 52.9 Å². The minimum Gasteiger partial charge on any atom is -0.304 e. The van der Waals surface area contributed by atoms with E-state index in [0.29, 0.717) is 0 Å². The van der Waals surface area contributed by atoms with Crippen molar-refractivity contribution in [1.29, 1.82) is 0 Å². The smallest absolute Gasteiger partial charge is 0.0226 e. The molecule has 96 valence electrons. The van der Waals surface area contributed by atoms with Crippen LogP contribution in [0.15, 0.2) is 0 Å². The van der Waals surface area contributed by atoms with Crippen LogP contribution in [0, 0.1) is 0 Å². The van der Waals surface area contributed by atoms with E-state index < -0.39 is 0 Å². The van der Waals surface area contributed by atoms with Crippen molar-refractivity contribution in [2.45, 2.75) is 65.0 Å². The van der Waals surface area contributed by atoms with Crippen molar-refractivity contribution in [2.75, 3.05) is 26.7 Å². The molecule has 1 saturated heterocycles. The molecule has 0 aliphatic carbocycles. The van der Waals surface area contributed by atoms with Gasteiger partial charge in [0.05, 0.1) is 0 Å². The summed E-state index contributed by atoms with van der Waals surface area (Å²) < 4.78 is 0. The standard InChI is InChI=1S/C14H30N2/c1-5-8-13(7-3)16-11-10-15(4)12-14(16)9-6-2/h13-14H,5-12H2,1-4H3. The van der Waals surface area contributed by atoms with E-state index in [2.05, 4.69) is 37.6 Å². The van der Waals surface area contributed by atoms with Crippen molar-refractivity contribution in [1.82, 2.24) is 9.80 Å². The van der Waals surface area contributed by atoms with Crippen LogP contribution in [0.5, 0.6) is 0 Å². The predicted molar refractivity (Wildman–Crippen MR) is 71.9 cm³/mol. The van der Waals surface area contributed by atoms with Gasteiger partial charge in [-0.05, 0) is 26.3 Å². The van der Waals surface area contributed by atoms with Gasteiger partial charge in [-0.25, -0.2) is 0 Å². The fourth-order valence-electron chi connectivity index (χ4n) is 3.03. The molecule has 1 aliphatic rings. The predicted octanol–water partition coefficient (Wildman–Crippen LogP) is 2.98. The third-order valence-electron chi connectivity index (χ3n) is 3.92. The van der Waals surface area contributed by atoms with Gasteiger partial charge in [0.15, 0.2) is 0 Å². The summed E-state index contributed by atoms with van der Waals surface area (Å²) in [6, 6.07) is 1.63. The molecule has 1 fully saturated rings. The van der Waals surface area contributed by atoms with E-state index in [0.717, 1.165) is 12.1 Å². The Balaban J connectivity index is 2.58. The first-order valence-electron chi connectivity index (χ1n) is 7.17. The molecule has 0 N–H and O–H groups in total. The van der Waals surface area contributed by atoms with Gasteiger partial charge in [-0.1, -0.05) is 33.6 Å². The molecule has 0 amide bonds. The molecule has 0 spiro atoms. The average Bonchev–Trinajstić information content (AvgIpc) is 2.27. The monoisotopic (exact) mass is 226 g/mol. The minimum absolute atomic E-state index is 0.806. The van der Waals surface area contributed by atoms with Gasteiger partial charge < -0.3 is 4.90 Å². The molecule has 0 radical (unpaired) electrons. The second-order valence-electron chi connectivity index (χ2n) is 5.29. The molecule has 0 aromatic carbocycles. The molecule has 2 atom stereocenters. The quantitative estimate of drug-likeness (QED) is 0.687. The zero-order valence-corrected chi connectivity index (χ0v) is 11.7. The summed E-state index contributed by atoms with van der Waals surface area (Å²) in [6.45, 7) is 10.8. The first-order valence-corrected chi connectivity index (χ1v) is 7.17. The lowest BCUT2D eigenvalue weighted by molar-refractivity contribution is 0.0419. The number of rotatable bonds is 6. The van der Waals surface area contributed by atoms with Crippen LogP contribution in [-0.4, -0.2) is 48.6 Å². The van der Waals surface area contributed by atoms with Gasteiger partial charge >= 0.3 is 0 Å². The SMILES string of the molecule is CCCC(CC)N1CCN(C)CC1CCC. The van der Waals surface area contributed by atoms with Crippen LogP contribution >= 0.6 is 0 Å². The van der Waals surface area contributed by atoms with Crippen molar-refractivity contribution >= 4 is 0 Å². The molecular weight excluding hydrogens is 196 g/mol. The van der Waals surface area contributed by atoms with Gasteiger partial charge in [-0.2, -0.15) is 0 Å². The van der Waals surface area contributed by atoms with E-state index in [1.807, 2.05) is 0 Å². The van der Waals surface area contributed by atoms with Gasteiger partial charge in [0.2, 0.25) is 0 Å². The molecule has 2 nitrogen and oxygen atoms in total. The van der Waals surface area contributed by atoms with Gasteiger partial charge in [0, 0.05) is 31.7 Å². The van der Waals surface area contributed by atoms with Gasteiger partial charge in [0.25, 0.3) is 0 Å². The fourth-order valence-corrected chi connectivity index (χ4v) is 3.03. The highest BCUT2D eigenvalue weighted by Crippen LogP contribution is 2.21. The van der Waals surface area contributed by atoms with E-state index >= 15 is 0 Å². The van der Waals surface area contributed by atoms with E-state index in [9.17, 15) is 0 Å². The van der Waals surface area contributed by atoms with Crippen LogP contribution in [0.2, 0.25) is 0 Å². The molecule has 16 heavy (non-hydrogen) atoms. The summed E-state index contributed by atoms with van der Waals surface area (Å²) in [7, 11) is 2.26. The highest BCUT2D eigenvalue weighted by Gasteiger charge is 2.28. The van der Waals surface area contributed by atoms with Crippen LogP contribution in [0.25, 0.3) is 0 Å². The maximum Gasteiger partial charge on any atom is 0.0226 e. The highest BCUT2D eigenvalue weighted by molar-refractivity contribution is 4.85. The third-order valence-corrected chi connectivity index (χ3v) is 3.92. The van der Waals surface area contributed by atoms with Crippen molar-refractivity contribution in [3.63, 3.8) is 0 Å². The Morgan fingerprint density at radius 3 is 2.44 bits per heavy atom. The van der Waals surface area contributed by atoms with Gasteiger partial charge in [-0.3, -0.25) is 4.90 Å². The van der Waals surface area contributed by atoms with E-state index in [1.54, 1.807) is 0 Å². The third kappa shape index (κ3) is 3.74. The van der Waals surface area contributed by atoms with E-state index in [4.69, 9.17) is 0 Å². The summed E-state index contributed by atoms with van der Waals surface area (Å²) in [5.74, 6) is 0. The highest BCUT2D eigenvalue weighted by atomic mass is 15.3. The number of hydrogen-bond donors (Lipinski definition) is 0. The number of hydrogen-bond acceptors (Lipinski definition) is 2.